The molecule has 0 atom stereocenters. The van der Waals surface area contributed by atoms with Crippen molar-refractivity contribution in [1.82, 2.24) is 16.0 Å². The van der Waals surface area contributed by atoms with Gasteiger partial charge in [-0.05, 0) is 34.6 Å². The summed E-state index contributed by atoms with van der Waals surface area (Å²) in [7, 11) is 0. The van der Waals surface area contributed by atoms with E-state index in [0.29, 0.717) is 25.7 Å². The van der Waals surface area contributed by atoms with Crippen molar-refractivity contribution in [2.75, 3.05) is 32.8 Å². The van der Waals surface area contributed by atoms with Crippen molar-refractivity contribution in [3.8, 4) is 0 Å². The van der Waals surface area contributed by atoms with Crippen LogP contribution in [0.4, 0.5) is 0 Å². The van der Waals surface area contributed by atoms with Crippen molar-refractivity contribution in [3.63, 3.8) is 0 Å². The van der Waals surface area contributed by atoms with Crippen LogP contribution in [0.15, 0.2) is 4.99 Å². The molecular formula is C13H29IN4O2. The Balaban J connectivity index is 0. The molecule has 0 rings (SSSR count). The summed E-state index contributed by atoms with van der Waals surface area (Å²) in [5.74, 6) is 0.542. The molecule has 0 aromatic heterocycles. The maximum absolute atomic E-state index is 11.6. The average Bonchev–Trinajstić information content (AvgIpc) is 2.29. The van der Waals surface area contributed by atoms with Gasteiger partial charge in [-0.2, -0.15) is 0 Å². The molecule has 0 spiro atoms. The van der Waals surface area contributed by atoms with Crippen molar-refractivity contribution >= 4 is 35.8 Å². The molecule has 0 aliphatic rings. The average molecular weight is 400 g/mol. The Morgan fingerprint density at radius 2 is 1.85 bits per heavy atom. The smallest absolute Gasteiger partial charge is 0.242 e. The van der Waals surface area contributed by atoms with E-state index in [4.69, 9.17) is 4.74 Å². The van der Waals surface area contributed by atoms with Crippen LogP contribution < -0.4 is 16.0 Å². The molecule has 120 valence electrons. The number of rotatable bonds is 7. The molecule has 0 saturated heterocycles. The van der Waals surface area contributed by atoms with Crippen LogP contribution in [0.5, 0.6) is 0 Å². The van der Waals surface area contributed by atoms with Gasteiger partial charge in [0.15, 0.2) is 5.96 Å². The zero-order valence-corrected chi connectivity index (χ0v) is 15.5. The third-order valence-electron chi connectivity index (χ3n) is 1.98. The lowest BCUT2D eigenvalue weighted by atomic mass is 10.1. The lowest BCUT2D eigenvalue weighted by Crippen LogP contribution is -2.43. The molecule has 0 bridgehead atoms. The molecule has 0 aromatic rings. The lowest BCUT2D eigenvalue weighted by Gasteiger charge is -2.20. The number of halogens is 1. The number of aliphatic imine (C=N–C) groups is 1. The summed E-state index contributed by atoms with van der Waals surface area (Å²) in [6, 6.07) is 0. The first-order valence-corrected chi connectivity index (χ1v) is 6.80. The van der Waals surface area contributed by atoms with E-state index in [2.05, 4.69) is 20.9 Å². The van der Waals surface area contributed by atoms with E-state index in [1.807, 2.05) is 34.6 Å². The quantitative estimate of drug-likeness (QED) is 0.259. The fraction of sp³-hybridized carbons (Fsp3) is 0.846. The largest absolute Gasteiger partial charge is 0.380 e. The van der Waals surface area contributed by atoms with Crippen molar-refractivity contribution in [1.29, 1.82) is 0 Å². The second-order valence-electron chi connectivity index (χ2n) is 5.12. The highest BCUT2D eigenvalue weighted by Gasteiger charge is 2.13. The van der Waals surface area contributed by atoms with Gasteiger partial charge in [0.1, 0.15) is 6.54 Å². The van der Waals surface area contributed by atoms with E-state index in [1.165, 1.54) is 0 Å². The van der Waals surface area contributed by atoms with E-state index >= 15 is 0 Å². The summed E-state index contributed by atoms with van der Waals surface area (Å²) in [5.41, 5.74) is -0.229. The Morgan fingerprint density at radius 3 is 2.35 bits per heavy atom. The van der Waals surface area contributed by atoms with Gasteiger partial charge in [-0.25, -0.2) is 4.99 Å². The number of amides is 1. The highest BCUT2D eigenvalue weighted by atomic mass is 127. The van der Waals surface area contributed by atoms with Crippen LogP contribution in [0.1, 0.15) is 34.6 Å². The molecule has 0 aromatic carbocycles. The van der Waals surface area contributed by atoms with E-state index in [0.717, 1.165) is 6.54 Å². The molecule has 1 amide bonds. The van der Waals surface area contributed by atoms with Crippen molar-refractivity contribution in [3.05, 3.63) is 0 Å². The first-order chi connectivity index (χ1) is 8.89. The number of hydrogen-bond acceptors (Lipinski definition) is 3. The number of nitrogens with zero attached hydrogens (tertiary/aromatic N) is 1. The number of guanidine groups is 1. The first-order valence-electron chi connectivity index (χ1n) is 6.80. The van der Waals surface area contributed by atoms with Crippen molar-refractivity contribution < 1.29 is 9.53 Å². The van der Waals surface area contributed by atoms with Crippen LogP contribution in [0.3, 0.4) is 0 Å². The molecule has 0 aliphatic carbocycles. The summed E-state index contributed by atoms with van der Waals surface area (Å²) in [6.07, 6.45) is 0. The third kappa shape index (κ3) is 13.9. The topological polar surface area (TPSA) is 74.8 Å². The summed E-state index contributed by atoms with van der Waals surface area (Å²) in [6.45, 7) is 12.6. The number of hydrogen-bond donors (Lipinski definition) is 3. The number of carbonyl (C=O) groups excluding carboxylic acids is 1. The Morgan fingerprint density at radius 1 is 1.20 bits per heavy atom. The van der Waals surface area contributed by atoms with Gasteiger partial charge in [-0.1, -0.05) is 0 Å². The molecule has 0 aliphatic heterocycles. The highest BCUT2D eigenvalue weighted by molar-refractivity contribution is 14.0. The summed E-state index contributed by atoms with van der Waals surface area (Å²) >= 11 is 0. The van der Waals surface area contributed by atoms with E-state index in [1.54, 1.807) is 0 Å². The van der Waals surface area contributed by atoms with Crippen LogP contribution in [-0.2, 0) is 9.53 Å². The summed E-state index contributed by atoms with van der Waals surface area (Å²) < 4.78 is 5.23. The van der Waals surface area contributed by atoms with Crippen LogP contribution in [0.25, 0.3) is 0 Å². The van der Waals surface area contributed by atoms with Crippen molar-refractivity contribution in [2.45, 2.75) is 40.2 Å². The molecule has 0 saturated carbocycles. The Bertz CT molecular complexity index is 291. The number of nitrogens with one attached hydrogen (secondary N) is 3. The van der Waals surface area contributed by atoms with Crippen LogP contribution >= 0.6 is 24.0 Å². The molecule has 20 heavy (non-hydrogen) atoms. The first kappa shape index (κ1) is 21.7. The lowest BCUT2D eigenvalue weighted by molar-refractivity contribution is -0.121. The second-order valence-corrected chi connectivity index (χ2v) is 5.12. The molecule has 0 heterocycles. The van der Waals surface area contributed by atoms with Gasteiger partial charge in [0.25, 0.3) is 0 Å². The highest BCUT2D eigenvalue weighted by Crippen LogP contribution is 1.97. The Kier molecular flexibility index (Phi) is 13.2. The van der Waals surface area contributed by atoms with Gasteiger partial charge in [-0.15, -0.1) is 24.0 Å². The van der Waals surface area contributed by atoms with Gasteiger partial charge >= 0.3 is 0 Å². The normalized spacial score (nSPS) is 11.6. The Hall–Kier alpha value is -0.570. The maximum Gasteiger partial charge on any atom is 0.242 e. The van der Waals surface area contributed by atoms with E-state index in [9.17, 15) is 4.79 Å². The van der Waals surface area contributed by atoms with Gasteiger partial charge < -0.3 is 20.7 Å². The number of ether oxygens (including phenoxy) is 1. The predicted molar refractivity (Wildman–Crippen MR) is 93.8 cm³/mol. The van der Waals surface area contributed by atoms with Gasteiger partial charge in [-0.3, -0.25) is 4.79 Å². The standard InChI is InChI=1S/C13H28N4O2.HI/c1-6-14-12(15-8-9-19-7-2)16-10-11(18)17-13(3,4)5;/h6-10H2,1-5H3,(H,17,18)(H2,14,15,16);1H. The molecule has 7 heteroatoms. The molecule has 3 N–H and O–H groups in total. The molecule has 0 radical (unpaired) electrons. The minimum atomic E-state index is -0.229. The van der Waals surface area contributed by atoms with Crippen LogP contribution in [0, 0.1) is 0 Å². The summed E-state index contributed by atoms with van der Waals surface area (Å²) in [5, 5.41) is 9.06. The summed E-state index contributed by atoms with van der Waals surface area (Å²) in [4.78, 5) is 15.9. The molecule has 6 nitrogen and oxygen atoms in total. The van der Waals surface area contributed by atoms with Gasteiger partial charge in [0.2, 0.25) is 5.91 Å². The zero-order valence-electron chi connectivity index (χ0n) is 13.2. The minimum Gasteiger partial charge on any atom is -0.380 e. The van der Waals surface area contributed by atoms with E-state index < -0.39 is 0 Å². The third-order valence-corrected chi connectivity index (χ3v) is 1.98. The minimum absolute atomic E-state index is 0. The van der Waals surface area contributed by atoms with Crippen LogP contribution in [0.2, 0.25) is 0 Å². The molecule has 0 fully saturated rings. The fourth-order valence-corrected chi connectivity index (χ4v) is 1.34. The fourth-order valence-electron chi connectivity index (χ4n) is 1.34. The molecule has 0 unspecified atom stereocenters. The van der Waals surface area contributed by atoms with E-state index in [-0.39, 0.29) is 42.0 Å². The van der Waals surface area contributed by atoms with Gasteiger partial charge in [0, 0.05) is 25.2 Å². The van der Waals surface area contributed by atoms with Crippen LogP contribution in [-0.4, -0.2) is 50.3 Å². The van der Waals surface area contributed by atoms with Crippen molar-refractivity contribution in [2.24, 2.45) is 4.99 Å². The number of carbonyl (C=O) groups is 1. The second kappa shape index (κ2) is 12.2. The zero-order chi connectivity index (χ0) is 14.7. The predicted octanol–water partition coefficient (Wildman–Crippen LogP) is 1.11. The monoisotopic (exact) mass is 400 g/mol. The van der Waals surface area contributed by atoms with Gasteiger partial charge in [0.05, 0.1) is 6.61 Å². The molecular weight excluding hydrogens is 371 g/mol. The maximum atomic E-state index is 11.6. The Labute approximate surface area is 139 Å². The SMILES string of the molecule is CCNC(=NCC(=O)NC(C)(C)C)NCCOCC.I.